The second kappa shape index (κ2) is 11.8. The number of rotatable bonds is 12. The van der Waals surface area contributed by atoms with Crippen LogP contribution in [-0.2, 0) is 17.7 Å². The molecule has 4 atom stereocenters. The molecule has 7 nitrogen and oxygen atoms in total. The van der Waals surface area contributed by atoms with E-state index >= 15 is 0 Å². The summed E-state index contributed by atoms with van der Waals surface area (Å²) in [7, 11) is 1.73. The second-order valence-corrected chi connectivity index (χ2v) is 11.8. The van der Waals surface area contributed by atoms with Crippen molar-refractivity contribution in [3.05, 3.63) is 71.4 Å². The standard InChI is InChI=1S/C32H44N4O3/c1-22(2)36(31(38)25-11-12-27-23(3)19-35(28(27)16-25)13-8-14-39-4)20-26-18-33-21-32(26)17-29(32)34-30(37)15-24-9-6-5-7-10-24/h5-7,9-12,16,19,22,26,29-30,33-34,37H,8,13-15,17-18,20-21H2,1-4H3/t26-,29?,30?,32?/m0/s1. The van der Waals surface area contributed by atoms with Crippen molar-refractivity contribution in [2.75, 3.05) is 33.4 Å². The summed E-state index contributed by atoms with van der Waals surface area (Å²) < 4.78 is 7.49. The molecule has 3 aromatic rings. The number of ether oxygens (including phenoxy) is 1. The van der Waals surface area contributed by atoms with Gasteiger partial charge in [0.05, 0.1) is 0 Å². The van der Waals surface area contributed by atoms with E-state index in [2.05, 4.69) is 66.4 Å². The van der Waals surface area contributed by atoms with E-state index in [1.165, 1.54) is 10.9 Å². The minimum Gasteiger partial charge on any atom is -0.385 e. The maximum absolute atomic E-state index is 13.9. The predicted molar refractivity (Wildman–Crippen MR) is 156 cm³/mol. The summed E-state index contributed by atoms with van der Waals surface area (Å²) in [5, 5.41) is 19.0. The molecule has 1 aliphatic carbocycles. The molecule has 1 spiro atoms. The molecule has 2 aliphatic rings. The van der Waals surface area contributed by atoms with Gasteiger partial charge in [0.2, 0.25) is 0 Å². The van der Waals surface area contributed by atoms with E-state index in [-0.39, 0.29) is 23.4 Å². The zero-order valence-corrected chi connectivity index (χ0v) is 23.8. The van der Waals surface area contributed by atoms with Crippen LogP contribution in [0.1, 0.15) is 48.2 Å². The third kappa shape index (κ3) is 5.92. The van der Waals surface area contributed by atoms with Gasteiger partial charge in [-0.2, -0.15) is 0 Å². The maximum atomic E-state index is 13.9. The Morgan fingerprint density at radius 1 is 1.26 bits per heavy atom. The number of benzene rings is 2. The number of nitrogens with zero attached hydrogens (tertiary/aromatic N) is 2. The molecule has 1 amide bonds. The Morgan fingerprint density at radius 2 is 2.05 bits per heavy atom. The Hall–Kier alpha value is -2.71. The molecule has 1 aliphatic heterocycles. The van der Waals surface area contributed by atoms with E-state index < -0.39 is 6.23 Å². The van der Waals surface area contributed by atoms with E-state index in [1.54, 1.807) is 7.11 Å². The summed E-state index contributed by atoms with van der Waals surface area (Å²) in [6.45, 7) is 10.4. The molecule has 3 unspecified atom stereocenters. The molecule has 2 fully saturated rings. The van der Waals surface area contributed by atoms with E-state index in [0.717, 1.165) is 55.7 Å². The van der Waals surface area contributed by atoms with E-state index in [0.29, 0.717) is 18.9 Å². The SMILES string of the molecule is COCCCn1cc(C)c2ccc(C(=O)N(C[C@@H]3CNCC34CC4NC(O)Cc3ccccc3)C(C)C)cc21. The monoisotopic (exact) mass is 532 g/mol. The van der Waals surface area contributed by atoms with Gasteiger partial charge >= 0.3 is 0 Å². The number of aliphatic hydroxyl groups excluding tert-OH is 1. The molecule has 7 heteroatoms. The van der Waals surface area contributed by atoms with Crippen LogP contribution in [0, 0.1) is 18.3 Å². The molecule has 0 bridgehead atoms. The number of hydrogen-bond acceptors (Lipinski definition) is 5. The highest BCUT2D eigenvalue weighted by Gasteiger charge is 2.61. The van der Waals surface area contributed by atoms with Gasteiger partial charge in [0.15, 0.2) is 0 Å². The van der Waals surface area contributed by atoms with Crippen LogP contribution < -0.4 is 10.6 Å². The van der Waals surface area contributed by atoms with Gasteiger partial charge in [-0.3, -0.25) is 10.1 Å². The molecule has 39 heavy (non-hydrogen) atoms. The Morgan fingerprint density at radius 3 is 2.79 bits per heavy atom. The summed E-state index contributed by atoms with van der Waals surface area (Å²) in [6, 6.07) is 16.6. The first-order valence-electron chi connectivity index (χ1n) is 14.4. The minimum absolute atomic E-state index is 0.0855. The lowest BCUT2D eigenvalue weighted by molar-refractivity contribution is 0.0647. The van der Waals surface area contributed by atoms with Gasteiger partial charge in [0.1, 0.15) is 6.23 Å². The van der Waals surface area contributed by atoms with Gasteiger partial charge in [-0.15, -0.1) is 0 Å². The van der Waals surface area contributed by atoms with Crippen molar-refractivity contribution in [1.29, 1.82) is 0 Å². The average Bonchev–Trinajstić information content (AvgIpc) is 3.29. The third-order valence-electron chi connectivity index (χ3n) is 8.82. The number of aromatic nitrogens is 1. The zero-order chi connectivity index (χ0) is 27.6. The lowest BCUT2D eigenvalue weighted by atomic mass is 9.90. The third-order valence-corrected chi connectivity index (χ3v) is 8.82. The van der Waals surface area contributed by atoms with Crippen molar-refractivity contribution in [3.8, 4) is 0 Å². The van der Waals surface area contributed by atoms with Gasteiger partial charge in [0, 0.05) is 86.5 Å². The number of methoxy groups -OCH3 is 1. The molecule has 3 N–H and O–H groups in total. The van der Waals surface area contributed by atoms with Crippen molar-refractivity contribution in [1.82, 2.24) is 20.1 Å². The van der Waals surface area contributed by atoms with Crippen molar-refractivity contribution in [2.24, 2.45) is 11.3 Å². The lowest BCUT2D eigenvalue weighted by Crippen LogP contribution is -2.44. The highest BCUT2D eigenvalue weighted by molar-refractivity contribution is 5.98. The first-order chi connectivity index (χ1) is 18.8. The number of fused-ring (bicyclic) bond motifs is 1. The number of aliphatic hydroxyl groups is 1. The average molecular weight is 533 g/mol. The second-order valence-electron chi connectivity index (χ2n) is 11.8. The molecule has 0 radical (unpaired) electrons. The van der Waals surface area contributed by atoms with E-state index in [9.17, 15) is 9.90 Å². The molecule has 1 aromatic heterocycles. The first-order valence-corrected chi connectivity index (χ1v) is 14.4. The van der Waals surface area contributed by atoms with Crippen LogP contribution in [0.2, 0.25) is 0 Å². The molecule has 2 heterocycles. The Kier molecular flexibility index (Phi) is 8.43. The van der Waals surface area contributed by atoms with Crippen molar-refractivity contribution in [2.45, 2.75) is 64.9 Å². The smallest absolute Gasteiger partial charge is 0.254 e. The van der Waals surface area contributed by atoms with Gasteiger partial charge < -0.3 is 24.6 Å². The van der Waals surface area contributed by atoms with Gasteiger partial charge in [-0.1, -0.05) is 36.4 Å². The maximum Gasteiger partial charge on any atom is 0.254 e. The van der Waals surface area contributed by atoms with Crippen LogP contribution in [0.15, 0.2) is 54.7 Å². The fraction of sp³-hybridized carbons (Fsp3) is 0.531. The molecule has 1 saturated heterocycles. The Labute approximate surface area is 232 Å². The van der Waals surface area contributed by atoms with Gasteiger partial charge in [-0.05, 0) is 62.8 Å². The molecular weight excluding hydrogens is 488 g/mol. The summed E-state index contributed by atoms with van der Waals surface area (Å²) in [5.74, 6) is 0.430. The summed E-state index contributed by atoms with van der Waals surface area (Å²) in [5.41, 5.74) is 4.29. The molecule has 1 saturated carbocycles. The molecule has 210 valence electrons. The molecular formula is C32H44N4O3. The van der Waals surface area contributed by atoms with Crippen LogP contribution >= 0.6 is 0 Å². The van der Waals surface area contributed by atoms with Crippen molar-refractivity contribution >= 4 is 16.8 Å². The summed E-state index contributed by atoms with van der Waals surface area (Å²) in [4.78, 5) is 16.0. The topological polar surface area (TPSA) is 78.8 Å². The quantitative estimate of drug-likeness (QED) is 0.243. The number of carbonyl (C=O) groups excluding carboxylic acids is 1. The van der Waals surface area contributed by atoms with Crippen molar-refractivity contribution in [3.63, 3.8) is 0 Å². The van der Waals surface area contributed by atoms with Crippen LogP contribution in [0.5, 0.6) is 0 Å². The lowest BCUT2D eigenvalue weighted by Gasteiger charge is -2.32. The Balaban J connectivity index is 1.28. The largest absolute Gasteiger partial charge is 0.385 e. The van der Waals surface area contributed by atoms with E-state index in [1.807, 2.05) is 29.2 Å². The fourth-order valence-corrected chi connectivity index (χ4v) is 6.50. The van der Waals surface area contributed by atoms with Crippen LogP contribution in [0.4, 0.5) is 0 Å². The van der Waals surface area contributed by atoms with Crippen molar-refractivity contribution < 1.29 is 14.6 Å². The minimum atomic E-state index is -0.573. The summed E-state index contributed by atoms with van der Waals surface area (Å²) in [6.07, 6.45) is 4.15. The van der Waals surface area contributed by atoms with Crippen LogP contribution in [-0.4, -0.2) is 72.1 Å². The van der Waals surface area contributed by atoms with Gasteiger partial charge in [0.25, 0.3) is 5.91 Å². The number of nitrogens with one attached hydrogen (secondary N) is 2. The normalized spacial score (nSPS) is 23.1. The predicted octanol–water partition coefficient (Wildman–Crippen LogP) is 3.97. The highest BCUT2D eigenvalue weighted by Crippen LogP contribution is 2.54. The molecule has 2 aromatic carbocycles. The number of hydrogen-bond donors (Lipinski definition) is 3. The first kappa shape index (κ1) is 27.8. The van der Waals surface area contributed by atoms with Crippen LogP contribution in [0.3, 0.4) is 0 Å². The van der Waals surface area contributed by atoms with Gasteiger partial charge in [-0.25, -0.2) is 0 Å². The fourth-order valence-electron chi connectivity index (χ4n) is 6.50. The number of carbonyl (C=O) groups is 1. The zero-order valence-electron chi connectivity index (χ0n) is 23.8. The molecule has 5 rings (SSSR count). The summed E-state index contributed by atoms with van der Waals surface area (Å²) >= 11 is 0. The van der Waals surface area contributed by atoms with Crippen LogP contribution in [0.25, 0.3) is 10.9 Å². The number of aryl methyl sites for hydroxylation is 2. The van der Waals surface area contributed by atoms with E-state index in [4.69, 9.17) is 4.74 Å². The highest BCUT2D eigenvalue weighted by atomic mass is 16.5. The number of amides is 1. The Bertz CT molecular complexity index is 1270.